The summed E-state index contributed by atoms with van der Waals surface area (Å²) in [6, 6.07) is 10.9. The lowest BCUT2D eigenvalue weighted by Gasteiger charge is -2.19. The molecule has 208 valence electrons. The number of benzene rings is 2. The van der Waals surface area contributed by atoms with Crippen molar-refractivity contribution in [2.75, 3.05) is 17.2 Å². The first-order valence-corrected chi connectivity index (χ1v) is 12.6. The second kappa shape index (κ2) is 11.8. The van der Waals surface area contributed by atoms with Gasteiger partial charge in [0.05, 0.1) is 36.4 Å². The van der Waals surface area contributed by atoms with Gasteiger partial charge in [0.15, 0.2) is 11.6 Å². The fourth-order valence-electron chi connectivity index (χ4n) is 4.45. The zero-order valence-electron chi connectivity index (χ0n) is 21.5. The zero-order chi connectivity index (χ0) is 28.9. The minimum atomic E-state index is -1.03. The first-order valence-electron chi connectivity index (χ1n) is 12.6. The highest BCUT2D eigenvalue weighted by molar-refractivity contribution is 6.35. The Balaban J connectivity index is 1.28. The molecule has 12 heteroatoms. The molecular weight excluding hydrogens is 534 g/mol. The lowest BCUT2D eigenvalue weighted by Crippen LogP contribution is -2.39. The SMILES string of the molecule is O=CCC(CNC(=O)c1cccn(Cc2ccc(F)c(F)c2)c1=O)Nc1ccc2c(c1)/C(=C/c1cnc[nH]1)C(=O)N2. The smallest absolute Gasteiger partial charge is 0.263 e. The topological polar surface area (TPSA) is 138 Å². The van der Waals surface area contributed by atoms with Crippen LogP contribution < -0.4 is 21.5 Å². The summed E-state index contributed by atoms with van der Waals surface area (Å²) in [7, 11) is 0. The molecular formula is C29H24F2N6O4. The molecule has 4 N–H and O–H groups in total. The number of carbonyl (C=O) groups excluding carboxylic acids is 3. The van der Waals surface area contributed by atoms with Gasteiger partial charge in [0.2, 0.25) is 0 Å². The van der Waals surface area contributed by atoms with Crippen molar-refractivity contribution in [3.05, 3.63) is 112 Å². The molecule has 10 nitrogen and oxygen atoms in total. The molecule has 3 heterocycles. The van der Waals surface area contributed by atoms with Crippen molar-refractivity contribution in [3.63, 3.8) is 0 Å². The van der Waals surface area contributed by atoms with Crippen molar-refractivity contribution < 1.29 is 23.2 Å². The van der Waals surface area contributed by atoms with Crippen molar-refractivity contribution in [2.24, 2.45) is 0 Å². The van der Waals surface area contributed by atoms with E-state index in [2.05, 4.69) is 25.9 Å². The molecule has 0 bridgehead atoms. The first-order chi connectivity index (χ1) is 19.8. The standard InChI is InChI=1S/C29H24F2N6O4/c30-24-5-3-17(10-25(24)31)15-37-8-1-2-21(29(37)41)27(39)33-14-19(7-9-38)35-18-4-6-26-22(11-18)23(28(40)36-26)12-20-13-32-16-34-20/h1-6,8-13,16,19,35H,7,14-15H2,(H,32,34)(H,33,39)(H,36,40)/b23-12-. The number of hydrogen-bond acceptors (Lipinski definition) is 6. The van der Waals surface area contributed by atoms with Crippen LogP contribution in [0.1, 0.15) is 33.6 Å². The summed E-state index contributed by atoms with van der Waals surface area (Å²) in [4.78, 5) is 56.6. The zero-order valence-corrected chi connectivity index (χ0v) is 21.5. The van der Waals surface area contributed by atoms with Gasteiger partial charge in [0.25, 0.3) is 17.4 Å². The average Bonchev–Trinajstić information content (AvgIpc) is 3.58. The third kappa shape index (κ3) is 6.11. The molecule has 0 fully saturated rings. The van der Waals surface area contributed by atoms with Gasteiger partial charge in [-0.25, -0.2) is 13.8 Å². The minimum Gasteiger partial charge on any atom is -0.380 e. The third-order valence-electron chi connectivity index (χ3n) is 6.48. The van der Waals surface area contributed by atoms with Crippen molar-refractivity contribution in [1.82, 2.24) is 19.9 Å². The number of anilines is 2. The number of nitrogens with one attached hydrogen (secondary N) is 4. The van der Waals surface area contributed by atoms with Gasteiger partial charge >= 0.3 is 0 Å². The number of aromatic nitrogens is 3. The third-order valence-corrected chi connectivity index (χ3v) is 6.48. The summed E-state index contributed by atoms with van der Waals surface area (Å²) in [5.41, 5.74) is 2.62. The largest absolute Gasteiger partial charge is 0.380 e. The second-order valence-electron chi connectivity index (χ2n) is 9.34. The number of H-pyrrole nitrogens is 1. The molecule has 0 saturated heterocycles. The maximum atomic E-state index is 13.6. The van der Waals surface area contributed by atoms with E-state index in [1.807, 2.05) is 0 Å². The van der Waals surface area contributed by atoms with E-state index < -0.39 is 29.1 Å². The Morgan fingerprint density at radius 3 is 2.71 bits per heavy atom. The normalized spacial score (nSPS) is 13.9. The van der Waals surface area contributed by atoms with Gasteiger partial charge in [0.1, 0.15) is 11.8 Å². The summed E-state index contributed by atoms with van der Waals surface area (Å²) < 4.78 is 28.0. The van der Waals surface area contributed by atoms with Crippen molar-refractivity contribution in [2.45, 2.75) is 19.0 Å². The number of imidazole rings is 1. The molecule has 41 heavy (non-hydrogen) atoms. The van der Waals surface area contributed by atoms with Crippen LogP contribution >= 0.6 is 0 Å². The molecule has 2 aromatic carbocycles. The Hall–Kier alpha value is -5.39. The number of nitrogens with zero attached hydrogens (tertiary/aromatic N) is 2. The van der Waals surface area contributed by atoms with E-state index in [0.29, 0.717) is 40.1 Å². The number of fused-ring (bicyclic) bond motifs is 1. The number of halogens is 2. The predicted octanol–water partition coefficient (Wildman–Crippen LogP) is 3.19. The molecule has 1 atom stereocenters. The van der Waals surface area contributed by atoms with Gasteiger partial charge in [-0.1, -0.05) is 6.07 Å². The van der Waals surface area contributed by atoms with Crippen molar-refractivity contribution in [1.29, 1.82) is 0 Å². The van der Waals surface area contributed by atoms with Gasteiger partial charge < -0.3 is 30.3 Å². The highest BCUT2D eigenvalue weighted by Gasteiger charge is 2.25. The lowest BCUT2D eigenvalue weighted by atomic mass is 10.0. The molecule has 2 amide bonds. The number of amides is 2. The molecule has 1 unspecified atom stereocenters. The molecule has 4 aromatic rings. The van der Waals surface area contributed by atoms with Gasteiger partial charge in [-0.15, -0.1) is 0 Å². The van der Waals surface area contributed by atoms with E-state index in [-0.39, 0.29) is 31.0 Å². The number of aldehydes is 1. The number of aromatic amines is 1. The van der Waals surface area contributed by atoms with Crippen molar-refractivity contribution in [3.8, 4) is 0 Å². The maximum absolute atomic E-state index is 13.6. The van der Waals surface area contributed by atoms with Crippen LogP contribution in [0.25, 0.3) is 11.6 Å². The number of rotatable bonds is 10. The van der Waals surface area contributed by atoms with Gasteiger partial charge in [-0.3, -0.25) is 14.4 Å². The van der Waals surface area contributed by atoms with E-state index in [1.54, 1.807) is 30.5 Å². The molecule has 0 radical (unpaired) electrons. The summed E-state index contributed by atoms with van der Waals surface area (Å²) in [6.07, 6.45) is 6.99. The quantitative estimate of drug-likeness (QED) is 0.174. The summed E-state index contributed by atoms with van der Waals surface area (Å²) in [6.45, 7) is -0.0425. The Bertz CT molecular complexity index is 1710. The highest BCUT2D eigenvalue weighted by atomic mass is 19.2. The molecule has 2 aromatic heterocycles. The van der Waals surface area contributed by atoms with Gasteiger partial charge in [0, 0.05) is 36.1 Å². The highest BCUT2D eigenvalue weighted by Crippen LogP contribution is 2.35. The molecule has 1 aliphatic rings. The van der Waals surface area contributed by atoms with Crippen LogP contribution in [0.3, 0.4) is 0 Å². The van der Waals surface area contributed by atoms with Gasteiger partial charge in [-0.2, -0.15) is 0 Å². The molecule has 0 spiro atoms. The minimum absolute atomic E-state index is 0.0141. The van der Waals surface area contributed by atoms with Crippen LogP contribution in [0.2, 0.25) is 0 Å². The summed E-state index contributed by atoms with van der Waals surface area (Å²) >= 11 is 0. The Kier molecular flexibility index (Phi) is 7.81. The Labute approximate surface area is 232 Å². The number of hydrogen-bond donors (Lipinski definition) is 4. The van der Waals surface area contributed by atoms with E-state index in [1.165, 1.54) is 35.3 Å². The molecule has 1 aliphatic heterocycles. The maximum Gasteiger partial charge on any atom is 0.263 e. The van der Waals surface area contributed by atoms with E-state index in [0.717, 1.165) is 12.1 Å². The molecule has 5 rings (SSSR count). The summed E-state index contributed by atoms with van der Waals surface area (Å²) in [5, 5.41) is 8.68. The monoisotopic (exact) mass is 558 g/mol. The van der Waals surface area contributed by atoms with Gasteiger partial charge in [-0.05, 0) is 54.1 Å². The molecule has 0 aliphatic carbocycles. The fraction of sp³-hybridized carbons (Fsp3) is 0.138. The van der Waals surface area contributed by atoms with Crippen LogP contribution in [0, 0.1) is 11.6 Å². The van der Waals surface area contributed by atoms with Crippen LogP contribution in [0.4, 0.5) is 20.2 Å². The average molecular weight is 559 g/mol. The second-order valence-corrected chi connectivity index (χ2v) is 9.34. The van der Waals surface area contributed by atoms with E-state index in [4.69, 9.17) is 0 Å². The fourth-order valence-corrected chi connectivity index (χ4v) is 4.45. The molecule has 0 saturated carbocycles. The van der Waals surface area contributed by atoms with Crippen molar-refractivity contribution >= 4 is 41.1 Å². The Morgan fingerprint density at radius 1 is 1.10 bits per heavy atom. The Morgan fingerprint density at radius 2 is 1.95 bits per heavy atom. The lowest BCUT2D eigenvalue weighted by molar-refractivity contribution is -0.111. The van der Waals surface area contributed by atoms with E-state index >= 15 is 0 Å². The van der Waals surface area contributed by atoms with Crippen LogP contribution in [-0.4, -0.2) is 45.2 Å². The van der Waals surface area contributed by atoms with Crippen LogP contribution in [0.15, 0.2) is 72.0 Å². The van der Waals surface area contributed by atoms with E-state index in [9.17, 15) is 28.0 Å². The summed E-state index contributed by atoms with van der Waals surface area (Å²) in [5.74, 6) is -2.94. The van der Waals surface area contributed by atoms with Crippen LogP contribution in [0.5, 0.6) is 0 Å². The van der Waals surface area contributed by atoms with Crippen LogP contribution in [-0.2, 0) is 16.1 Å². The predicted molar refractivity (Wildman–Crippen MR) is 148 cm³/mol. The first kappa shape index (κ1) is 27.2. The number of pyridine rings is 1. The number of carbonyl (C=O) groups is 3.